The van der Waals surface area contributed by atoms with E-state index in [1.807, 2.05) is 26.8 Å². The van der Waals surface area contributed by atoms with Crippen LogP contribution in [0.4, 0.5) is 0 Å². The number of nitrogens with zero attached hydrogens (tertiary/aromatic N) is 1. The van der Waals surface area contributed by atoms with Crippen molar-refractivity contribution in [3.63, 3.8) is 0 Å². The minimum atomic E-state index is 0.422. The Morgan fingerprint density at radius 1 is 1.57 bits per heavy atom. The van der Waals surface area contributed by atoms with Crippen LogP contribution in [-0.4, -0.2) is 12.3 Å². The number of hydrogen-bond acceptors (Lipinski definition) is 4. The van der Waals surface area contributed by atoms with E-state index in [0.29, 0.717) is 13.2 Å². The lowest BCUT2D eigenvalue weighted by Crippen LogP contribution is -2.09. The molecule has 1 rings (SSSR count). The van der Waals surface area contributed by atoms with Crippen molar-refractivity contribution in [2.75, 3.05) is 6.54 Å². The highest BCUT2D eigenvalue weighted by atomic mass is 16.6. The number of hydrogen-bond donors (Lipinski definition) is 1. The smallest absolute Gasteiger partial charge is 0.145 e. The normalized spacial score (nSPS) is 10.4. The van der Waals surface area contributed by atoms with Crippen LogP contribution in [0.3, 0.4) is 0 Å². The first kappa shape index (κ1) is 12.7. The van der Waals surface area contributed by atoms with E-state index in [-0.39, 0.29) is 0 Å². The monoisotopic (exact) mass is 198 g/mol. The van der Waals surface area contributed by atoms with Gasteiger partial charge in [0.15, 0.2) is 0 Å². The van der Waals surface area contributed by atoms with Crippen LogP contribution in [0.25, 0.3) is 0 Å². The fourth-order valence-corrected chi connectivity index (χ4v) is 0.629. The fraction of sp³-hybridized carbons (Fsp3) is 0.500. The second-order valence-electron chi connectivity index (χ2n) is 2.44. The van der Waals surface area contributed by atoms with E-state index in [2.05, 4.69) is 5.16 Å². The summed E-state index contributed by atoms with van der Waals surface area (Å²) in [6, 6.07) is 1.83. The van der Waals surface area contributed by atoms with E-state index < -0.39 is 0 Å². The van der Waals surface area contributed by atoms with Crippen LogP contribution >= 0.6 is 0 Å². The summed E-state index contributed by atoms with van der Waals surface area (Å²) >= 11 is 0. The Hall–Kier alpha value is -1.29. The molecule has 0 atom stereocenters. The maximum absolute atomic E-state index is 5.30. The van der Waals surface area contributed by atoms with Gasteiger partial charge in [0.2, 0.25) is 0 Å². The van der Waals surface area contributed by atoms with E-state index in [1.54, 1.807) is 12.5 Å². The zero-order valence-electron chi connectivity index (χ0n) is 8.99. The average Bonchev–Trinajstić information content (AvgIpc) is 2.73. The topological polar surface area (TPSA) is 60.8 Å². The van der Waals surface area contributed by atoms with Crippen LogP contribution < -0.4 is 5.73 Å². The molecule has 1 heterocycles. The van der Waals surface area contributed by atoms with Gasteiger partial charge in [-0.25, -0.2) is 0 Å². The van der Waals surface area contributed by atoms with Crippen molar-refractivity contribution in [1.29, 1.82) is 0 Å². The Morgan fingerprint density at radius 2 is 2.29 bits per heavy atom. The number of nitrogens with two attached hydrogens (primary N) is 1. The molecule has 14 heavy (non-hydrogen) atoms. The van der Waals surface area contributed by atoms with Gasteiger partial charge in [-0.1, -0.05) is 19.0 Å². The lowest BCUT2D eigenvalue weighted by Gasteiger charge is -1.96. The van der Waals surface area contributed by atoms with Gasteiger partial charge in [-0.05, 0) is 13.0 Å². The quantitative estimate of drug-likeness (QED) is 0.595. The number of furan rings is 1. The van der Waals surface area contributed by atoms with E-state index >= 15 is 0 Å². The molecule has 4 heteroatoms. The summed E-state index contributed by atoms with van der Waals surface area (Å²) in [6.07, 6.45) is 3.21. The zero-order chi connectivity index (χ0) is 10.8. The van der Waals surface area contributed by atoms with Gasteiger partial charge < -0.3 is 15.0 Å². The summed E-state index contributed by atoms with van der Waals surface area (Å²) in [4.78, 5) is 4.98. The maximum Gasteiger partial charge on any atom is 0.145 e. The second-order valence-corrected chi connectivity index (χ2v) is 2.44. The van der Waals surface area contributed by atoms with Crippen LogP contribution in [0, 0.1) is 0 Å². The van der Waals surface area contributed by atoms with Gasteiger partial charge in [-0.3, -0.25) is 0 Å². The van der Waals surface area contributed by atoms with E-state index in [4.69, 9.17) is 15.0 Å². The van der Waals surface area contributed by atoms with E-state index in [1.165, 1.54) is 0 Å². The Bertz CT molecular complexity index is 243. The first-order valence-electron chi connectivity index (χ1n) is 4.69. The summed E-state index contributed by atoms with van der Waals surface area (Å²) in [5.41, 5.74) is 7.04. The minimum Gasteiger partial charge on any atom is -0.472 e. The summed E-state index contributed by atoms with van der Waals surface area (Å²) in [6.45, 7) is 6.66. The van der Waals surface area contributed by atoms with Gasteiger partial charge in [0, 0.05) is 12.1 Å². The van der Waals surface area contributed by atoms with Crippen molar-refractivity contribution < 1.29 is 9.25 Å². The van der Waals surface area contributed by atoms with Crippen LogP contribution in [0.5, 0.6) is 0 Å². The second kappa shape index (κ2) is 8.31. The highest BCUT2D eigenvalue weighted by Gasteiger charge is 1.93. The van der Waals surface area contributed by atoms with Gasteiger partial charge in [0.05, 0.1) is 18.2 Å². The molecule has 2 N–H and O–H groups in total. The highest BCUT2D eigenvalue weighted by molar-refractivity contribution is 5.83. The van der Waals surface area contributed by atoms with E-state index in [9.17, 15) is 0 Å². The molecule has 0 aliphatic carbocycles. The molecule has 0 saturated carbocycles. The predicted octanol–water partition coefficient (Wildman–Crippen LogP) is 2.16. The lowest BCUT2D eigenvalue weighted by molar-refractivity contribution is 0.129. The molecule has 0 aromatic carbocycles. The zero-order valence-corrected chi connectivity index (χ0v) is 8.99. The summed E-state index contributed by atoms with van der Waals surface area (Å²) in [7, 11) is 0. The van der Waals surface area contributed by atoms with Crippen molar-refractivity contribution in [3.8, 4) is 0 Å². The molecule has 4 nitrogen and oxygen atoms in total. The lowest BCUT2D eigenvalue weighted by atomic mass is 10.4. The maximum atomic E-state index is 5.30. The SMILES string of the molecule is C/C(CN)=N\OCc1ccoc1.CC. The molecule has 0 spiro atoms. The third kappa shape index (κ3) is 5.37. The van der Waals surface area contributed by atoms with Crippen LogP contribution in [0.1, 0.15) is 26.3 Å². The Kier molecular flexibility index (Phi) is 7.55. The third-order valence-corrected chi connectivity index (χ3v) is 1.33. The average molecular weight is 198 g/mol. The van der Waals surface area contributed by atoms with Crippen molar-refractivity contribution in [3.05, 3.63) is 24.2 Å². The van der Waals surface area contributed by atoms with Crippen molar-refractivity contribution in [2.24, 2.45) is 10.9 Å². The third-order valence-electron chi connectivity index (χ3n) is 1.33. The summed E-state index contributed by atoms with van der Waals surface area (Å²) in [5, 5.41) is 3.77. The molecule has 80 valence electrons. The van der Waals surface area contributed by atoms with Crippen molar-refractivity contribution in [2.45, 2.75) is 27.4 Å². The first-order chi connectivity index (χ1) is 6.83. The largest absolute Gasteiger partial charge is 0.472 e. The molecule has 0 aliphatic heterocycles. The van der Waals surface area contributed by atoms with E-state index in [0.717, 1.165) is 11.3 Å². The van der Waals surface area contributed by atoms with Gasteiger partial charge in [0.25, 0.3) is 0 Å². The molecule has 1 aromatic rings. The molecule has 0 unspecified atom stereocenters. The van der Waals surface area contributed by atoms with Crippen LogP contribution in [-0.2, 0) is 11.4 Å². The highest BCUT2D eigenvalue weighted by Crippen LogP contribution is 2.01. The van der Waals surface area contributed by atoms with Gasteiger partial charge in [-0.15, -0.1) is 0 Å². The summed E-state index contributed by atoms with van der Waals surface area (Å²) in [5.74, 6) is 0. The first-order valence-corrected chi connectivity index (χ1v) is 4.69. The van der Waals surface area contributed by atoms with Gasteiger partial charge in [0.1, 0.15) is 6.61 Å². The van der Waals surface area contributed by atoms with Gasteiger partial charge >= 0.3 is 0 Å². The minimum absolute atomic E-state index is 0.422. The Morgan fingerprint density at radius 3 is 2.79 bits per heavy atom. The van der Waals surface area contributed by atoms with Crippen molar-refractivity contribution in [1.82, 2.24) is 0 Å². The Balaban J connectivity index is 0.000000791. The Labute approximate surface area is 84.7 Å². The number of oxime groups is 1. The molecule has 0 amide bonds. The molecular weight excluding hydrogens is 180 g/mol. The number of rotatable bonds is 4. The molecule has 0 radical (unpaired) electrons. The molecule has 0 saturated heterocycles. The van der Waals surface area contributed by atoms with Crippen LogP contribution in [0.2, 0.25) is 0 Å². The van der Waals surface area contributed by atoms with Gasteiger partial charge in [-0.2, -0.15) is 0 Å². The van der Waals surface area contributed by atoms with Crippen molar-refractivity contribution >= 4 is 5.71 Å². The molecule has 0 fully saturated rings. The molecule has 0 aliphatic rings. The standard InChI is InChI=1S/C8H12N2O2.C2H6/c1-7(4-9)10-12-6-8-2-3-11-5-8;1-2/h2-3,5H,4,6,9H2,1H3;1-2H3/b10-7+;. The fourth-order valence-electron chi connectivity index (χ4n) is 0.629. The molecular formula is C10H18N2O2. The predicted molar refractivity (Wildman–Crippen MR) is 57.0 cm³/mol. The molecule has 0 bridgehead atoms. The van der Waals surface area contributed by atoms with Crippen LogP contribution in [0.15, 0.2) is 28.2 Å². The molecule has 1 aromatic heterocycles. The summed E-state index contributed by atoms with van der Waals surface area (Å²) < 4.78 is 4.85.